The van der Waals surface area contributed by atoms with Gasteiger partial charge >= 0.3 is 0 Å². The molecule has 2 fully saturated rings. The molecule has 1 aromatic carbocycles. The summed E-state index contributed by atoms with van der Waals surface area (Å²) in [6.07, 6.45) is 1.89. The molecule has 0 bridgehead atoms. The first-order valence-electron chi connectivity index (χ1n) is 7.46. The number of nitrogens with zero attached hydrogens (tertiary/aromatic N) is 2. The van der Waals surface area contributed by atoms with Crippen molar-refractivity contribution >= 4 is 5.91 Å². The highest BCUT2D eigenvalue weighted by Crippen LogP contribution is 2.23. The topological polar surface area (TPSA) is 43.8 Å². The molecule has 0 saturated carbocycles. The van der Waals surface area contributed by atoms with Crippen molar-refractivity contribution < 1.29 is 9.90 Å². The first-order valence-corrected chi connectivity index (χ1v) is 7.46. The van der Waals surface area contributed by atoms with E-state index in [1.807, 2.05) is 11.0 Å². The highest BCUT2D eigenvalue weighted by Gasteiger charge is 2.34. The molecule has 1 aromatic rings. The highest BCUT2D eigenvalue weighted by atomic mass is 16.3. The number of carbonyl (C=O) groups excluding carboxylic acids is 1. The predicted molar refractivity (Wildman–Crippen MR) is 77.1 cm³/mol. The van der Waals surface area contributed by atoms with Crippen molar-refractivity contribution in [1.29, 1.82) is 0 Å². The van der Waals surface area contributed by atoms with Crippen LogP contribution in [0.3, 0.4) is 0 Å². The Kier molecular flexibility index (Phi) is 4.03. The maximum atomic E-state index is 11.8. The second kappa shape index (κ2) is 5.94. The van der Waals surface area contributed by atoms with E-state index in [-0.39, 0.29) is 5.91 Å². The van der Waals surface area contributed by atoms with Gasteiger partial charge in [-0.25, -0.2) is 0 Å². The van der Waals surface area contributed by atoms with Crippen LogP contribution in [0.1, 0.15) is 24.8 Å². The molecule has 0 spiro atoms. The second-order valence-corrected chi connectivity index (χ2v) is 5.90. The minimum Gasteiger partial charge on any atom is -0.391 e. The Balaban J connectivity index is 1.51. The largest absolute Gasteiger partial charge is 0.391 e. The number of amides is 1. The van der Waals surface area contributed by atoms with E-state index >= 15 is 0 Å². The summed E-state index contributed by atoms with van der Waals surface area (Å²) in [6, 6.07) is 10.8. The lowest BCUT2D eigenvalue weighted by atomic mass is 10.0. The molecule has 108 valence electrons. The minimum absolute atomic E-state index is 0.124. The van der Waals surface area contributed by atoms with Crippen molar-refractivity contribution in [1.82, 2.24) is 9.80 Å². The summed E-state index contributed by atoms with van der Waals surface area (Å²) < 4.78 is 0. The van der Waals surface area contributed by atoms with Crippen LogP contribution in [0.15, 0.2) is 30.3 Å². The molecule has 0 aromatic heterocycles. The summed E-state index contributed by atoms with van der Waals surface area (Å²) in [5.74, 6) is 0.124. The molecule has 3 rings (SSSR count). The zero-order valence-electron chi connectivity index (χ0n) is 11.7. The van der Waals surface area contributed by atoms with Crippen LogP contribution in [0, 0.1) is 0 Å². The summed E-state index contributed by atoms with van der Waals surface area (Å²) in [6.45, 7) is 3.57. The maximum absolute atomic E-state index is 11.8. The standard InChI is InChI=1S/C16H22N2O2/c19-15-10-16(20)18(12-15)14-6-8-17(9-7-14)11-13-4-2-1-3-5-13/h1-5,14-15,19H,6-12H2/t15-/m1/s1. The Bertz CT molecular complexity index is 455. The average molecular weight is 274 g/mol. The molecule has 1 atom stereocenters. The van der Waals surface area contributed by atoms with Gasteiger partial charge in [-0.05, 0) is 18.4 Å². The van der Waals surface area contributed by atoms with Crippen molar-refractivity contribution in [3.8, 4) is 0 Å². The molecular formula is C16H22N2O2. The summed E-state index contributed by atoms with van der Waals surface area (Å²) in [7, 11) is 0. The fraction of sp³-hybridized carbons (Fsp3) is 0.562. The van der Waals surface area contributed by atoms with Gasteiger partial charge in [0, 0.05) is 32.2 Å². The van der Waals surface area contributed by atoms with E-state index in [4.69, 9.17) is 0 Å². The van der Waals surface area contributed by atoms with Crippen LogP contribution in [0.4, 0.5) is 0 Å². The molecule has 2 aliphatic rings. The molecule has 2 heterocycles. The summed E-state index contributed by atoms with van der Waals surface area (Å²) in [5.41, 5.74) is 1.35. The Morgan fingerprint density at radius 3 is 2.45 bits per heavy atom. The van der Waals surface area contributed by atoms with E-state index in [0.717, 1.165) is 32.5 Å². The van der Waals surface area contributed by atoms with Crippen LogP contribution in [-0.4, -0.2) is 52.6 Å². The zero-order valence-corrected chi connectivity index (χ0v) is 11.7. The van der Waals surface area contributed by atoms with Gasteiger partial charge in [0.25, 0.3) is 0 Å². The van der Waals surface area contributed by atoms with Crippen molar-refractivity contribution in [2.24, 2.45) is 0 Å². The van der Waals surface area contributed by atoms with Gasteiger partial charge in [0.15, 0.2) is 0 Å². The van der Waals surface area contributed by atoms with Gasteiger partial charge in [0.1, 0.15) is 0 Å². The van der Waals surface area contributed by atoms with Crippen LogP contribution >= 0.6 is 0 Å². The van der Waals surface area contributed by atoms with Gasteiger partial charge in [0.2, 0.25) is 5.91 Å². The molecule has 20 heavy (non-hydrogen) atoms. The number of aliphatic hydroxyl groups excluding tert-OH is 1. The first kappa shape index (κ1) is 13.6. The Hall–Kier alpha value is -1.39. The smallest absolute Gasteiger partial charge is 0.225 e. The van der Waals surface area contributed by atoms with Crippen LogP contribution in [0.5, 0.6) is 0 Å². The Labute approximate surface area is 120 Å². The number of piperidine rings is 1. The number of benzene rings is 1. The van der Waals surface area contributed by atoms with Crippen molar-refractivity contribution in [3.63, 3.8) is 0 Å². The Morgan fingerprint density at radius 2 is 1.85 bits per heavy atom. The number of hydrogen-bond acceptors (Lipinski definition) is 3. The fourth-order valence-electron chi connectivity index (χ4n) is 3.30. The molecular weight excluding hydrogens is 252 g/mol. The zero-order chi connectivity index (χ0) is 13.9. The summed E-state index contributed by atoms with van der Waals surface area (Å²) in [5, 5.41) is 9.57. The fourth-order valence-corrected chi connectivity index (χ4v) is 3.30. The van der Waals surface area contributed by atoms with Crippen LogP contribution in [0.25, 0.3) is 0 Å². The van der Waals surface area contributed by atoms with Gasteiger partial charge in [-0.1, -0.05) is 30.3 Å². The predicted octanol–water partition coefficient (Wildman–Crippen LogP) is 1.24. The highest BCUT2D eigenvalue weighted by molar-refractivity contribution is 5.79. The second-order valence-electron chi connectivity index (χ2n) is 5.90. The molecule has 1 N–H and O–H groups in total. The monoisotopic (exact) mass is 274 g/mol. The first-order chi connectivity index (χ1) is 9.72. The summed E-state index contributed by atoms with van der Waals surface area (Å²) >= 11 is 0. The molecule has 1 amide bonds. The van der Waals surface area contributed by atoms with E-state index < -0.39 is 6.10 Å². The molecule has 4 nitrogen and oxygen atoms in total. The molecule has 2 aliphatic heterocycles. The van der Waals surface area contributed by atoms with Gasteiger partial charge in [-0.15, -0.1) is 0 Å². The quantitative estimate of drug-likeness (QED) is 0.902. The third-order valence-corrected chi connectivity index (χ3v) is 4.38. The lowest BCUT2D eigenvalue weighted by Crippen LogP contribution is -2.45. The van der Waals surface area contributed by atoms with Gasteiger partial charge in [-0.2, -0.15) is 0 Å². The SMILES string of the molecule is O=C1C[C@@H](O)CN1C1CCN(Cc2ccccc2)CC1. The van der Waals surface area contributed by atoms with Crippen LogP contribution in [0.2, 0.25) is 0 Å². The van der Waals surface area contributed by atoms with E-state index in [9.17, 15) is 9.90 Å². The number of likely N-dealkylation sites (tertiary alicyclic amines) is 2. The number of carbonyl (C=O) groups is 1. The van der Waals surface area contributed by atoms with E-state index in [2.05, 4.69) is 29.2 Å². The lowest BCUT2D eigenvalue weighted by molar-refractivity contribution is -0.130. The number of rotatable bonds is 3. The van der Waals surface area contributed by atoms with Gasteiger partial charge in [-0.3, -0.25) is 9.69 Å². The van der Waals surface area contributed by atoms with Crippen molar-refractivity contribution in [3.05, 3.63) is 35.9 Å². The van der Waals surface area contributed by atoms with E-state index in [0.29, 0.717) is 19.0 Å². The summed E-state index contributed by atoms with van der Waals surface area (Å²) in [4.78, 5) is 16.1. The normalized spacial score (nSPS) is 25.4. The molecule has 0 radical (unpaired) electrons. The third-order valence-electron chi connectivity index (χ3n) is 4.38. The molecule has 0 unspecified atom stereocenters. The maximum Gasteiger partial charge on any atom is 0.225 e. The minimum atomic E-state index is -0.454. The number of β-amino-alcohol motifs (C(OH)–C–C–N with tert-alkyl or cyclic N) is 1. The number of aliphatic hydroxyl groups is 1. The number of hydrogen-bond donors (Lipinski definition) is 1. The average Bonchev–Trinajstić information content (AvgIpc) is 2.80. The van der Waals surface area contributed by atoms with Crippen molar-refractivity contribution in [2.75, 3.05) is 19.6 Å². The van der Waals surface area contributed by atoms with Crippen molar-refractivity contribution in [2.45, 2.75) is 38.0 Å². The molecule has 2 saturated heterocycles. The van der Waals surface area contributed by atoms with E-state index in [1.54, 1.807) is 0 Å². The van der Waals surface area contributed by atoms with Gasteiger partial charge in [0.05, 0.1) is 12.5 Å². The van der Waals surface area contributed by atoms with Crippen LogP contribution < -0.4 is 0 Å². The molecule has 0 aliphatic carbocycles. The van der Waals surface area contributed by atoms with Gasteiger partial charge < -0.3 is 10.0 Å². The molecule has 4 heteroatoms. The lowest BCUT2D eigenvalue weighted by Gasteiger charge is -2.36. The van der Waals surface area contributed by atoms with E-state index in [1.165, 1.54) is 5.56 Å². The third kappa shape index (κ3) is 3.02. The Morgan fingerprint density at radius 1 is 1.15 bits per heavy atom. The van der Waals surface area contributed by atoms with Crippen LogP contribution in [-0.2, 0) is 11.3 Å².